The Kier molecular flexibility index (Phi) is 5.06. The van der Waals surface area contributed by atoms with Crippen LogP contribution in [-0.4, -0.2) is 40.5 Å². The number of phenols is 1. The first-order valence-corrected chi connectivity index (χ1v) is 6.51. The number of rotatable bonds is 5. The summed E-state index contributed by atoms with van der Waals surface area (Å²) in [6.45, 7) is 0.584. The van der Waals surface area contributed by atoms with E-state index in [-0.39, 0.29) is 18.1 Å². The Morgan fingerprint density at radius 3 is 2.71 bits per heavy atom. The van der Waals surface area contributed by atoms with Gasteiger partial charge in [0.25, 0.3) is 0 Å². The lowest BCUT2D eigenvalue weighted by atomic mass is 10.1. The molecule has 1 aliphatic rings. The predicted molar refractivity (Wildman–Crippen MR) is 80.4 cm³/mol. The van der Waals surface area contributed by atoms with Gasteiger partial charge in [0.05, 0.1) is 13.1 Å². The topological polar surface area (TPSA) is 73.1 Å². The van der Waals surface area contributed by atoms with Gasteiger partial charge in [0.2, 0.25) is 0 Å². The predicted octanol–water partition coefficient (Wildman–Crippen LogP) is 2.08. The van der Waals surface area contributed by atoms with Crippen LogP contribution >= 0.6 is 0 Å². The van der Waals surface area contributed by atoms with E-state index in [0.717, 1.165) is 5.06 Å². The van der Waals surface area contributed by atoms with Crippen molar-refractivity contribution in [2.45, 2.75) is 0 Å². The van der Waals surface area contributed by atoms with Crippen molar-refractivity contribution < 1.29 is 15.1 Å². The highest BCUT2D eigenvalue weighted by Crippen LogP contribution is 2.12. The molecule has 2 rings (SSSR count). The molecule has 0 fully saturated rings. The number of phenolic OH excluding ortho intramolecular Hbond substituents is 1. The van der Waals surface area contributed by atoms with Crippen molar-refractivity contribution in [3.63, 3.8) is 0 Å². The Labute approximate surface area is 122 Å². The van der Waals surface area contributed by atoms with Crippen LogP contribution in [-0.2, 0) is 4.79 Å². The maximum absolute atomic E-state index is 11.5. The van der Waals surface area contributed by atoms with Gasteiger partial charge in [-0.3, -0.25) is 20.1 Å². The molecule has 1 aromatic rings. The molecule has 0 radical (unpaired) electrons. The van der Waals surface area contributed by atoms with Crippen molar-refractivity contribution in [3.05, 3.63) is 65.9 Å². The molecule has 0 atom stereocenters. The zero-order valence-corrected chi connectivity index (χ0v) is 11.4. The lowest BCUT2D eigenvalue weighted by Crippen LogP contribution is -2.18. The smallest absolute Gasteiger partial charge is 0.187 e. The van der Waals surface area contributed by atoms with Crippen LogP contribution in [0.2, 0.25) is 0 Å². The third-order valence-electron chi connectivity index (χ3n) is 2.83. The molecule has 108 valence electrons. The number of para-hydroxylation sites is 1. The number of aromatic hydroxyl groups is 1. The normalized spacial score (nSPS) is 16.0. The Morgan fingerprint density at radius 2 is 1.95 bits per heavy atom. The van der Waals surface area contributed by atoms with Crippen LogP contribution in [0.1, 0.15) is 5.56 Å². The van der Waals surface area contributed by atoms with Gasteiger partial charge in [-0.2, -0.15) is 0 Å². The standard InChI is InChI=1S/C16H16N2O3/c19-15-7-3-1-5-13(15)11-17-9-10-18(21)12-14-6-2-4-8-16(14)20/h1-8,11-12,19,21H,9-10H2. The quantitative estimate of drug-likeness (QED) is 0.493. The highest BCUT2D eigenvalue weighted by Gasteiger charge is 2.06. The number of hydrogen-bond acceptors (Lipinski definition) is 5. The van der Waals surface area contributed by atoms with Crippen LogP contribution < -0.4 is 0 Å². The number of hydrogen-bond donors (Lipinski definition) is 2. The first-order valence-electron chi connectivity index (χ1n) is 6.51. The molecule has 1 aromatic carbocycles. The van der Waals surface area contributed by atoms with Gasteiger partial charge in [-0.15, -0.1) is 0 Å². The van der Waals surface area contributed by atoms with Gasteiger partial charge >= 0.3 is 0 Å². The van der Waals surface area contributed by atoms with E-state index >= 15 is 0 Å². The summed E-state index contributed by atoms with van der Waals surface area (Å²) < 4.78 is 0. The van der Waals surface area contributed by atoms with Gasteiger partial charge in [-0.25, -0.2) is 0 Å². The second kappa shape index (κ2) is 7.21. The van der Waals surface area contributed by atoms with E-state index in [4.69, 9.17) is 0 Å². The number of carbonyl (C=O) groups is 1. The molecule has 0 spiro atoms. The van der Waals surface area contributed by atoms with Gasteiger partial charge < -0.3 is 5.11 Å². The summed E-state index contributed by atoms with van der Waals surface area (Å²) in [6.07, 6.45) is 9.38. The fourth-order valence-electron chi connectivity index (χ4n) is 1.73. The SMILES string of the molecule is O=C1C=CC=CC1=CN(O)CCN=Cc1ccccc1O. The summed E-state index contributed by atoms with van der Waals surface area (Å²) in [7, 11) is 0. The van der Waals surface area contributed by atoms with Crippen LogP contribution in [0, 0.1) is 0 Å². The van der Waals surface area contributed by atoms with Gasteiger partial charge in [0, 0.05) is 23.6 Å². The summed E-state index contributed by atoms with van der Waals surface area (Å²) in [6, 6.07) is 6.86. The number of nitrogens with zero attached hydrogens (tertiary/aromatic N) is 2. The molecule has 0 heterocycles. The number of aliphatic imine (C=N–C) groups is 1. The third kappa shape index (κ3) is 4.43. The number of benzene rings is 1. The van der Waals surface area contributed by atoms with E-state index in [1.807, 2.05) is 0 Å². The first kappa shape index (κ1) is 14.7. The average Bonchev–Trinajstić information content (AvgIpc) is 2.48. The Hall–Kier alpha value is -2.66. The number of ketones is 1. The number of allylic oxidation sites excluding steroid dienone is 5. The lowest BCUT2D eigenvalue weighted by Gasteiger charge is -2.12. The van der Waals surface area contributed by atoms with Gasteiger partial charge in [-0.1, -0.05) is 24.3 Å². The Balaban J connectivity index is 1.85. The fraction of sp³-hybridized carbons (Fsp3) is 0.125. The fourth-order valence-corrected chi connectivity index (χ4v) is 1.73. The summed E-state index contributed by atoms with van der Waals surface area (Å²) >= 11 is 0. The van der Waals surface area contributed by atoms with Crippen LogP contribution in [0.5, 0.6) is 5.75 Å². The molecule has 21 heavy (non-hydrogen) atoms. The average molecular weight is 284 g/mol. The van der Waals surface area contributed by atoms with Crippen molar-refractivity contribution >= 4 is 12.0 Å². The van der Waals surface area contributed by atoms with Crippen molar-refractivity contribution in [1.82, 2.24) is 5.06 Å². The van der Waals surface area contributed by atoms with Gasteiger partial charge in [-0.05, 0) is 24.3 Å². The van der Waals surface area contributed by atoms with Gasteiger partial charge in [0.15, 0.2) is 5.78 Å². The first-order chi connectivity index (χ1) is 10.2. The minimum Gasteiger partial charge on any atom is -0.507 e. The summed E-state index contributed by atoms with van der Waals surface area (Å²) in [5, 5.41) is 20.2. The molecule has 0 amide bonds. The largest absolute Gasteiger partial charge is 0.507 e. The summed E-state index contributed by atoms with van der Waals surface area (Å²) in [5.41, 5.74) is 1.04. The zero-order valence-electron chi connectivity index (χ0n) is 11.4. The molecule has 0 bridgehead atoms. The van der Waals surface area contributed by atoms with Crippen molar-refractivity contribution in [3.8, 4) is 5.75 Å². The third-order valence-corrected chi connectivity index (χ3v) is 2.83. The highest BCUT2D eigenvalue weighted by molar-refractivity contribution is 6.07. The number of hydroxylamine groups is 2. The molecule has 0 saturated carbocycles. The summed E-state index contributed by atoms with van der Waals surface area (Å²) in [4.78, 5) is 15.6. The molecule has 0 aromatic heterocycles. The molecule has 5 heteroatoms. The monoisotopic (exact) mass is 284 g/mol. The molecule has 0 saturated heterocycles. The maximum Gasteiger partial charge on any atom is 0.187 e. The Bertz CT molecular complexity index is 630. The molecule has 1 aliphatic carbocycles. The van der Waals surface area contributed by atoms with Crippen molar-refractivity contribution in [2.75, 3.05) is 13.1 Å². The maximum atomic E-state index is 11.5. The van der Waals surface area contributed by atoms with E-state index < -0.39 is 0 Å². The Morgan fingerprint density at radius 1 is 1.19 bits per heavy atom. The van der Waals surface area contributed by atoms with Crippen molar-refractivity contribution in [2.24, 2.45) is 4.99 Å². The molecular weight excluding hydrogens is 268 g/mol. The van der Waals surface area contributed by atoms with Crippen LogP contribution in [0.4, 0.5) is 0 Å². The molecular formula is C16H16N2O3. The van der Waals surface area contributed by atoms with E-state index in [1.54, 1.807) is 48.7 Å². The molecule has 2 N–H and O–H groups in total. The second-order valence-corrected chi connectivity index (χ2v) is 4.42. The van der Waals surface area contributed by atoms with Crippen LogP contribution in [0.3, 0.4) is 0 Å². The van der Waals surface area contributed by atoms with E-state index in [0.29, 0.717) is 17.7 Å². The zero-order chi connectivity index (χ0) is 15.1. The highest BCUT2D eigenvalue weighted by atomic mass is 16.5. The second-order valence-electron chi connectivity index (χ2n) is 4.42. The van der Waals surface area contributed by atoms with E-state index in [1.165, 1.54) is 12.3 Å². The van der Waals surface area contributed by atoms with Crippen molar-refractivity contribution in [1.29, 1.82) is 0 Å². The molecule has 5 nitrogen and oxygen atoms in total. The molecule has 0 aliphatic heterocycles. The number of carbonyl (C=O) groups excluding carboxylic acids is 1. The van der Waals surface area contributed by atoms with Crippen LogP contribution in [0.15, 0.2) is 65.3 Å². The summed E-state index contributed by atoms with van der Waals surface area (Å²) in [5.74, 6) is 0.0169. The lowest BCUT2D eigenvalue weighted by molar-refractivity contribution is -0.111. The minimum atomic E-state index is -0.144. The van der Waals surface area contributed by atoms with Gasteiger partial charge in [0.1, 0.15) is 5.75 Å². The minimum absolute atomic E-state index is 0.144. The van der Waals surface area contributed by atoms with Crippen LogP contribution in [0.25, 0.3) is 0 Å². The van der Waals surface area contributed by atoms with E-state index in [9.17, 15) is 15.1 Å². The van der Waals surface area contributed by atoms with E-state index in [2.05, 4.69) is 4.99 Å². The molecule has 0 unspecified atom stereocenters.